The van der Waals surface area contributed by atoms with Gasteiger partial charge in [0.25, 0.3) is 0 Å². The lowest BCUT2D eigenvalue weighted by molar-refractivity contribution is -0.124. The topological polar surface area (TPSA) is 20.3 Å². The predicted molar refractivity (Wildman–Crippen MR) is 47.3 cm³/mol. The van der Waals surface area contributed by atoms with E-state index in [9.17, 15) is 4.79 Å². The molecular weight excluding hydrogens is 138 g/mol. The van der Waals surface area contributed by atoms with Gasteiger partial charge in [0.05, 0.1) is 0 Å². The fraction of sp³-hybridized carbons (Fsp3) is 0.444. The highest BCUT2D eigenvalue weighted by Gasteiger charge is 2.03. The molecule has 62 valence electrons. The molecule has 0 fully saturated rings. The molecule has 0 radical (unpaired) electrons. The van der Waals surface area contributed by atoms with Crippen LogP contribution in [-0.2, 0) is 4.79 Å². The van der Waals surface area contributed by atoms with Crippen molar-refractivity contribution in [3.8, 4) is 0 Å². The minimum atomic E-state index is 0.0584. The van der Waals surface area contributed by atoms with Crippen LogP contribution in [0, 0.1) is 0 Å². The number of hydrogen-bond acceptors (Lipinski definition) is 1. The molecule has 0 saturated heterocycles. The number of carbonyl (C=O) groups is 1. The first-order chi connectivity index (χ1) is 5.09. The summed E-state index contributed by atoms with van der Waals surface area (Å²) >= 11 is 0. The van der Waals surface area contributed by atoms with E-state index in [1.807, 2.05) is 32.1 Å². The molecule has 0 aromatic rings. The molecule has 0 aliphatic heterocycles. The number of carbonyl (C=O) groups excluding carboxylic acids is 1. The summed E-state index contributed by atoms with van der Waals surface area (Å²) in [5, 5.41) is 0. The Kier molecular flexibility index (Phi) is 4.27. The van der Waals surface area contributed by atoms with Crippen molar-refractivity contribution in [2.75, 3.05) is 14.1 Å². The van der Waals surface area contributed by atoms with Crippen molar-refractivity contribution in [2.45, 2.75) is 13.8 Å². The number of likely N-dealkylation sites (N-methyl/N-ethyl adjacent to an activating group) is 1. The highest BCUT2D eigenvalue weighted by molar-refractivity contribution is 5.92. The molecule has 0 spiro atoms. The first-order valence-electron chi connectivity index (χ1n) is 3.60. The molecule has 2 heteroatoms. The Bertz CT molecular complexity index is 190. The van der Waals surface area contributed by atoms with Crippen LogP contribution in [0.4, 0.5) is 0 Å². The van der Waals surface area contributed by atoms with Gasteiger partial charge in [-0.1, -0.05) is 18.2 Å². The molecule has 0 unspecified atom stereocenters. The molecule has 0 aromatic carbocycles. The summed E-state index contributed by atoms with van der Waals surface area (Å²) in [7, 11) is 3.49. The first kappa shape index (κ1) is 9.95. The van der Waals surface area contributed by atoms with E-state index in [0.717, 1.165) is 5.57 Å². The van der Waals surface area contributed by atoms with Crippen molar-refractivity contribution in [3.05, 3.63) is 23.8 Å². The summed E-state index contributed by atoms with van der Waals surface area (Å²) in [5.41, 5.74) is 0.758. The third-order valence-corrected chi connectivity index (χ3v) is 1.28. The smallest absolute Gasteiger partial charge is 0.248 e. The minimum Gasteiger partial charge on any atom is -0.345 e. The highest BCUT2D eigenvalue weighted by Crippen LogP contribution is 1.96. The van der Waals surface area contributed by atoms with Gasteiger partial charge in [0.1, 0.15) is 0 Å². The van der Waals surface area contributed by atoms with Gasteiger partial charge in [0.15, 0.2) is 0 Å². The lowest BCUT2D eigenvalue weighted by Crippen LogP contribution is -2.22. The summed E-state index contributed by atoms with van der Waals surface area (Å²) in [6, 6.07) is 0. The largest absolute Gasteiger partial charge is 0.345 e. The summed E-state index contributed by atoms with van der Waals surface area (Å²) in [6.07, 6.45) is 5.56. The van der Waals surface area contributed by atoms with Crippen molar-refractivity contribution >= 4 is 5.91 Å². The van der Waals surface area contributed by atoms with Crippen LogP contribution in [0.15, 0.2) is 23.8 Å². The van der Waals surface area contributed by atoms with E-state index in [1.54, 1.807) is 19.0 Å². The van der Waals surface area contributed by atoms with Crippen molar-refractivity contribution < 1.29 is 4.79 Å². The summed E-state index contributed by atoms with van der Waals surface area (Å²) in [5.74, 6) is 0.0584. The fourth-order valence-electron chi connectivity index (χ4n) is 0.665. The van der Waals surface area contributed by atoms with Crippen molar-refractivity contribution in [1.29, 1.82) is 0 Å². The van der Waals surface area contributed by atoms with Gasteiger partial charge in [-0.05, 0) is 13.8 Å². The van der Waals surface area contributed by atoms with Gasteiger partial charge in [-0.15, -0.1) is 0 Å². The van der Waals surface area contributed by atoms with Gasteiger partial charge >= 0.3 is 0 Å². The second-order valence-electron chi connectivity index (χ2n) is 2.58. The van der Waals surface area contributed by atoms with Crippen LogP contribution in [0.3, 0.4) is 0 Å². The van der Waals surface area contributed by atoms with Gasteiger partial charge in [-0.3, -0.25) is 4.79 Å². The van der Waals surface area contributed by atoms with Crippen LogP contribution in [0.2, 0.25) is 0 Å². The Morgan fingerprint density at radius 2 is 1.91 bits per heavy atom. The predicted octanol–water partition coefficient (Wildman–Crippen LogP) is 1.60. The van der Waals surface area contributed by atoms with Crippen LogP contribution < -0.4 is 0 Å². The van der Waals surface area contributed by atoms with Crippen LogP contribution in [0.25, 0.3) is 0 Å². The van der Waals surface area contributed by atoms with Gasteiger partial charge in [0.2, 0.25) is 5.91 Å². The molecule has 0 aliphatic carbocycles. The monoisotopic (exact) mass is 153 g/mol. The van der Waals surface area contributed by atoms with Gasteiger partial charge in [-0.25, -0.2) is 0 Å². The van der Waals surface area contributed by atoms with Gasteiger partial charge in [-0.2, -0.15) is 0 Å². The second kappa shape index (κ2) is 4.72. The second-order valence-corrected chi connectivity index (χ2v) is 2.58. The number of hydrogen-bond donors (Lipinski definition) is 0. The zero-order chi connectivity index (χ0) is 8.85. The van der Waals surface area contributed by atoms with E-state index in [1.165, 1.54) is 0 Å². The van der Waals surface area contributed by atoms with Crippen molar-refractivity contribution in [3.63, 3.8) is 0 Å². The Morgan fingerprint density at radius 1 is 1.36 bits per heavy atom. The van der Waals surface area contributed by atoms with Crippen LogP contribution >= 0.6 is 0 Å². The van der Waals surface area contributed by atoms with E-state index in [0.29, 0.717) is 0 Å². The fourth-order valence-corrected chi connectivity index (χ4v) is 0.665. The van der Waals surface area contributed by atoms with Crippen molar-refractivity contribution in [2.24, 2.45) is 0 Å². The quantitative estimate of drug-likeness (QED) is 0.436. The van der Waals surface area contributed by atoms with E-state index >= 15 is 0 Å². The first-order valence-corrected chi connectivity index (χ1v) is 3.60. The summed E-state index contributed by atoms with van der Waals surface area (Å²) in [6.45, 7) is 3.73. The Balaban J connectivity index is 4.24. The third kappa shape index (κ3) is 3.61. The van der Waals surface area contributed by atoms with E-state index < -0.39 is 0 Å². The molecule has 0 aromatic heterocycles. The number of amides is 1. The average Bonchev–Trinajstić information content (AvgIpc) is 1.98. The Hall–Kier alpha value is -1.05. The molecule has 1 amide bonds. The van der Waals surface area contributed by atoms with Gasteiger partial charge < -0.3 is 4.90 Å². The van der Waals surface area contributed by atoms with Crippen LogP contribution in [0.1, 0.15) is 13.8 Å². The number of nitrogens with zero attached hydrogens (tertiary/aromatic N) is 1. The molecule has 0 rings (SSSR count). The maximum absolute atomic E-state index is 11.2. The third-order valence-electron chi connectivity index (χ3n) is 1.28. The molecule has 0 aliphatic rings. The lowest BCUT2D eigenvalue weighted by atomic mass is 10.2. The van der Waals surface area contributed by atoms with E-state index in [4.69, 9.17) is 0 Å². The average molecular weight is 153 g/mol. The van der Waals surface area contributed by atoms with E-state index in [-0.39, 0.29) is 5.91 Å². The van der Waals surface area contributed by atoms with Crippen LogP contribution in [0.5, 0.6) is 0 Å². The number of allylic oxidation sites excluding steroid dienone is 3. The summed E-state index contributed by atoms with van der Waals surface area (Å²) in [4.78, 5) is 12.7. The molecule has 0 heterocycles. The zero-order valence-corrected chi connectivity index (χ0v) is 7.59. The van der Waals surface area contributed by atoms with Crippen molar-refractivity contribution in [1.82, 2.24) is 4.90 Å². The highest BCUT2D eigenvalue weighted by atomic mass is 16.2. The maximum atomic E-state index is 11.2. The standard InChI is InChI=1S/C9H15NO/c1-5-6-7-8(2)9(11)10(3)4/h5-7H,1-4H3. The summed E-state index contributed by atoms with van der Waals surface area (Å²) < 4.78 is 0. The molecule has 0 N–H and O–H groups in total. The maximum Gasteiger partial charge on any atom is 0.248 e. The molecule has 0 bridgehead atoms. The molecule has 0 saturated carbocycles. The lowest BCUT2D eigenvalue weighted by Gasteiger charge is -2.09. The normalized spacial score (nSPS) is 12.2. The number of rotatable bonds is 2. The van der Waals surface area contributed by atoms with Gasteiger partial charge in [0, 0.05) is 19.7 Å². The Morgan fingerprint density at radius 3 is 2.27 bits per heavy atom. The molecule has 2 nitrogen and oxygen atoms in total. The van der Waals surface area contributed by atoms with Crippen LogP contribution in [-0.4, -0.2) is 24.9 Å². The minimum absolute atomic E-state index is 0.0584. The van der Waals surface area contributed by atoms with E-state index in [2.05, 4.69) is 0 Å². The molecule has 11 heavy (non-hydrogen) atoms. The SMILES string of the molecule is CC=CC=C(C)C(=O)N(C)C. The molecule has 0 atom stereocenters. The Labute approximate surface area is 68.2 Å². The molecular formula is C9H15NO. The zero-order valence-electron chi connectivity index (χ0n) is 7.59.